The summed E-state index contributed by atoms with van der Waals surface area (Å²) < 4.78 is 16.7. The lowest BCUT2D eigenvalue weighted by Crippen LogP contribution is -2.07. The van der Waals surface area contributed by atoms with Gasteiger partial charge in [-0.25, -0.2) is 0 Å². The van der Waals surface area contributed by atoms with Crippen molar-refractivity contribution < 1.29 is 9.09 Å². The van der Waals surface area contributed by atoms with Crippen molar-refractivity contribution in [3.05, 3.63) is 35.9 Å². The van der Waals surface area contributed by atoms with Gasteiger partial charge in [-0.2, -0.15) is 0 Å². The van der Waals surface area contributed by atoms with Gasteiger partial charge in [0.25, 0.3) is 0 Å². The number of benzene rings is 1. The maximum Gasteiger partial charge on any atom is 0.191 e. The second-order valence-corrected chi connectivity index (χ2v) is 6.70. The Hall–Kier alpha value is -0.110. The quantitative estimate of drug-likeness (QED) is 0.490. The molecule has 0 fully saturated rings. The number of alkyl halides is 1. The molecule has 102 valence electrons. The summed E-state index contributed by atoms with van der Waals surface area (Å²) >= 11 is 3.50. The van der Waals surface area contributed by atoms with Crippen LogP contribution in [0.3, 0.4) is 0 Å². The third-order valence-corrected chi connectivity index (χ3v) is 4.71. The molecule has 1 rings (SSSR count). The standard InChI is InChI=1S/C14H22BrO2P/c1-2-17-18(16)11-9-14(8-10-15)12-13-6-4-3-5-7-13/h3-7,14,18H,2,8-12H2,1H3. The summed E-state index contributed by atoms with van der Waals surface area (Å²) in [5.74, 6) is 0.584. The zero-order chi connectivity index (χ0) is 13.2. The second-order valence-electron chi connectivity index (χ2n) is 4.38. The molecule has 0 aliphatic rings. The van der Waals surface area contributed by atoms with Gasteiger partial charge in [-0.15, -0.1) is 0 Å². The van der Waals surface area contributed by atoms with E-state index in [1.807, 2.05) is 13.0 Å². The third kappa shape index (κ3) is 6.72. The third-order valence-electron chi connectivity index (χ3n) is 2.95. The predicted octanol–water partition coefficient (Wildman–Crippen LogP) is 4.53. The number of halogens is 1. The van der Waals surface area contributed by atoms with Crippen LogP contribution in [0.2, 0.25) is 0 Å². The molecule has 2 nitrogen and oxygen atoms in total. The molecule has 0 saturated carbocycles. The molecule has 0 bridgehead atoms. The Morgan fingerprint density at radius 2 is 2.00 bits per heavy atom. The van der Waals surface area contributed by atoms with Crippen molar-refractivity contribution in [2.24, 2.45) is 5.92 Å². The first kappa shape index (κ1) is 15.9. The predicted molar refractivity (Wildman–Crippen MR) is 82.2 cm³/mol. The molecule has 0 amide bonds. The Bertz CT molecular complexity index is 343. The molecular formula is C14H22BrO2P. The van der Waals surface area contributed by atoms with Crippen molar-refractivity contribution in [1.29, 1.82) is 0 Å². The van der Waals surface area contributed by atoms with Crippen molar-refractivity contribution in [3.63, 3.8) is 0 Å². The summed E-state index contributed by atoms with van der Waals surface area (Å²) in [5.41, 5.74) is 1.36. The van der Waals surface area contributed by atoms with Crippen LogP contribution in [0.4, 0.5) is 0 Å². The molecule has 0 heterocycles. The van der Waals surface area contributed by atoms with E-state index in [-0.39, 0.29) is 0 Å². The second kappa shape index (κ2) is 9.77. The SMILES string of the molecule is CCO[PH](=O)CCC(CCBr)Cc1ccccc1. The van der Waals surface area contributed by atoms with Crippen LogP contribution < -0.4 is 0 Å². The molecular weight excluding hydrogens is 311 g/mol. The summed E-state index contributed by atoms with van der Waals surface area (Å²) in [4.78, 5) is 0. The van der Waals surface area contributed by atoms with E-state index in [0.29, 0.717) is 18.7 Å². The molecule has 2 atom stereocenters. The minimum absolute atomic E-state index is 0.555. The fourth-order valence-electron chi connectivity index (χ4n) is 2.01. The van der Waals surface area contributed by atoms with Crippen molar-refractivity contribution in [1.82, 2.24) is 0 Å². The zero-order valence-electron chi connectivity index (χ0n) is 10.9. The lowest BCUT2D eigenvalue weighted by Gasteiger charge is -2.15. The highest BCUT2D eigenvalue weighted by Gasteiger charge is 2.11. The highest BCUT2D eigenvalue weighted by molar-refractivity contribution is 9.09. The van der Waals surface area contributed by atoms with Crippen molar-refractivity contribution in [2.75, 3.05) is 18.1 Å². The molecule has 0 N–H and O–H groups in total. The number of hydrogen-bond acceptors (Lipinski definition) is 2. The van der Waals surface area contributed by atoms with Crippen LogP contribution in [0.5, 0.6) is 0 Å². The van der Waals surface area contributed by atoms with Crippen LogP contribution in [0.1, 0.15) is 25.3 Å². The van der Waals surface area contributed by atoms with E-state index in [1.54, 1.807) is 0 Å². The average molecular weight is 333 g/mol. The smallest absolute Gasteiger partial charge is 0.191 e. The molecule has 0 aromatic heterocycles. The Balaban J connectivity index is 2.42. The maximum absolute atomic E-state index is 11.6. The van der Waals surface area contributed by atoms with Crippen LogP contribution in [-0.2, 0) is 15.5 Å². The Labute approximate surface area is 119 Å². The van der Waals surface area contributed by atoms with Gasteiger partial charge >= 0.3 is 0 Å². The van der Waals surface area contributed by atoms with Crippen molar-refractivity contribution >= 4 is 24.0 Å². The van der Waals surface area contributed by atoms with Gasteiger partial charge in [0.2, 0.25) is 0 Å². The first-order chi connectivity index (χ1) is 8.76. The van der Waals surface area contributed by atoms with Crippen LogP contribution in [0.15, 0.2) is 30.3 Å². The normalized spacial score (nSPS) is 14.3. The molecule has 4 heteroatoms. The van der Waals surface area contributed by atoms with Crippen LogP contribution in [-0.4, -0.2) is 18.1 Å². The van der Waals surface area contributed by atoms with E-state index >= 15 is 0 Å². The van der Waals surface area contributed by atoms with E-state index in [1.165, 1.54) is 5.56 Å². The van der Waals surface area contributed by atoms with Gasteiger partial charge < -0.3 is 4.52 Å². The number of hydrogen-bond donors (Lipinski definition) is 0. The molecule has 2 unspecified atom stereocenters. The Morgan fingerprint density at radius 1 is 1.28 bits per heavy atom. The Morgan fingerprint density at radius 3 is 2.61 bits per heavy atom. The summed E-state index contributed by atoms with van der Waals surface area (Å²) in [6.45, 7) is 2.45. The minimum atomic E-state index is -1.81. The summed E-state index contributed by atoms with van der Waals surface area (Å²) in [7, 11) is -1.81. The Kier molecular flexibility index (Phi) is 8.66. The summed E-state index contributed by atoms with van der Waals surface area (Å²) in [5, 5.41) is 1.00. The molecule has 0 aliphatic carbocycles. The molecule has 0 saturated heterocycles. The first-order valence-electron chi connectivity index (χ1n) is 6.51. The largest absolute Gasteiger partial charge is 0.331 e. The molecule has 0 spiro atoms. The minimum Gasteiger partial charge on any atom is -0.331 e. The van der Waals surface area contributed by atoms with E-state index in [4.69, 9.17) is 4.52 Å². The van der Waals surface area contributed by atoms with Crippen LogP contribution in [0, 0.1) is 5.92 Å². The van der Waals surface area contributed by atoms with Gasteiger partial charge in [0.1, 0.15) is 0 Å². The lowest BCUT2D eigenvalue weighted by molar-refractivity contribution is 0.346. The van der Waals surface area contributed by atoms with Crippen molar-refractivity contribution in [3.8, 4) is 0 Å². The fraction of sp³-hybridized carbons (Fsp3) is 0.571. The number of rotatable bonds is 9. The van der Waals surface area contributed by atoms with Crippen LogP contribution in [0.25, 0.3) is 0 Å². The molecule has 0 radical (unpaired) electrons. The van der Waals surface area contributed by atoms with E-state index < -0.39 is 8.03 Å². The van der Waals surface area contributed by atoms with Gasteiger partial charge in [0, 0.05) is 11.5 Å². The fourth-order valence-corrected chi connectivity index (χ4v) is 3.76. The van der Waals surface area contributed by atoms with Crippen LogP contribution >= 0.6 is 24.0 Å². The monoisotopic (exact) mass is 332 g/mol. The van der Waals surface area contributed by atoms with Gasteiger partial charge in [-0.05, 0) is 37.7 Å². The highest BCUT2D eigenvalue weighted by Crippen LogP contribution is 2.27. The van der Waals surface area contributed by atoms with Gasteiger partial charge in [0.05, 0.1) is 6.61 Å². The van der Waals surface area contributed by atoms with Gasteiger partial charge in [-0.3, -0.25) is 4.57 Å². The molecule has 1 aromatic carbocycles. The summed E-state index contributed by atoms with van der Waals surface area (Å²) in [6, 6.07) is 10.5. The van der Waals surface area contributed by atoms with E-state index in [9.17, 15) is 4.57 Å². The average Bonchev–Trinajstić information content (AvgIpc) is 2.38. The van der Waals surface area contributed by atoms with E-state index in [2.05, 4.69) is 40.2 Å². The van der Waals surface area contributed by atoms with Gasteiger partial charge in [0.15, 0.2) is 8.03 Å². The van der Waals surface area contributed by atoms with Crippen molar-refractivity contribution in [2.45, 2.75) is 26.2 Å². The summed E-state index contributed by atoms with van der Waals surface area (Å²) in [6.07, 6.45) is 3.88. The first-order valence-corrected chi connectivity index (χ1v) is 9.16. The highest BCUT2D eigenvalue weighted by atomic mass is 79.9. The van der Waals surface area contributed by atoms with Gasteiger partial charge in [-0.1, -0.05) is 46.3 Å². The maximum atomic E-state index is 11.6. The molecule has 1 aromatic rings. The molecule has 18 heavy (non-hydrogen) atoms. The zero-order valence-corrected chi connectivity index (χ0v) is 13.5. The van der Waals surface area contributed by atoms with E-state index in [0.717, 1.165) is 24.6 Å². The topological polar surface area (TPSA) is 26.3 Å². The molecule has 0 aliphatic heterocycles. The lowest BCUT2D eigenvalue weighted by atomic mass is 9.95.